The smallest absolute Gasteiger partial charge is 0.416 e. The number of alkyl halides is 3. The molecule has 1 heterocycles. The van der Waals surface area contributed by atoms with Crippen molar-refractivity contribution in [3.63, 3.8) is 0 Å². The quantitative estimate of drug-likeness (QED) is 0.567. The molecule has 2 aromatic rings. The molecule has 0 unspecified atom stereocenters. The highest BCUT2D eigenvalue weighted by molar-refractivity contribution is 5.50. The molecule has 1 saturated heterocycles. The van der Waals surface area contributed by atoms with Gasteiger partial charge in [-0.05, 0) is 24.3 Å². The largest absolute Gasteiger partial charge is 0.496 e. The van der Waals surface area contributed by atoms with Crippen LogP contribution in [0.15, 0.2) is 42.5 Å². The van der Waals surface area contributed by atoms with Crippen LogP contribution >= 0.6 is 0 Å². The Hall–Kier alpha value is -2.81. The molecule has 9 heteroatoms. The minimum Gasteiger partial charge on any atom is -0.496 e. The van der Waals surface area contributed by atoms with Gasteiger partial charge in [-0.2, -0.15) is 13.2 Å². The van der Waals surface area contributed by atoms with E-state index in [1.54, 1.807) is 12.1 Å². The van der Waals surface area contributed by atoms with E-state index in [0.717, 1.165) is 6.07 Å². The third-order valence-corrected chi connectivity index (χ3v) is 4.78. The van der Waals surface area contributed by atoms with Crippen LogP contribution in [0.25, 0.3) is 0 Å². The van der Waals surface area contributed by atoms with E-state index in [0.29, 0.717) is 49.7 Å². The number of anilines is 1. The van der Waals surface area contributed by atoms with Crippen LogP contribution in [0.3, 0.4) is 0 Å². The third-order valence-electron chi connectivity index (χ3n) is 4.78. The number of hydrogen-bond acceptors (Lipinski definition) is 5. The Bertz CT molecular complexity index is 850. The van der Waals surface area contributed by atoms with Gasteiger partial charge in [0.25, 0.3) is 5.69 Å². The molecule has 150 valence electrons. The van der Waals surface area contributed by atoms with Gasteiger partial charge in [0, 0.05) is 56.1 Å². The maximum absolute atomic E-state index is 12.9. The maximum Gasteiger partial charge on any atom is 0.416 e. The Morgan fingerprint density at radius 3 is 2.43 bits per heavy atom. The van der Waals surface area contributed by atoms with Crippen molar-refractivity contribution in [3.05, 3.63) is 63.7 Å². The van der Waals surface area contributed by atoms with Crippen molar-refractivity contribution in [3.8, 4) is 5.75 Å². The first-order chi connectivity index (χ1) is 13.3. The van der Waals surface area contributed by atoms with Crippen LogP contribution in [0.5, 0.6) is 5.75 Å². The molecule has 0 saturated carbocycles. The fourth-order valence-corrected chi connectivity index (χ4v) is 3.29. The predicted octanol–water partition coefficient (Wildman–Crippen LogP) is 3.94. The molecule has 1 aliphatic rings. The molecule has 0 aliphatic carbocycles. The number of nitro groups is 1. The van der Waals surface area contributed by atoms with Crippen LogP contribution in [0.1, 0.15) is 11.1 Å². The van der Waals surface area contributed by atoms with Gasteiger partial charge in [-0.1, -0.05) is 6.07 Å². The molecule has 0 aromatic heterocycles. The second-order valence-electron chi connectivity index (χ2n) is 6.56. The van der Waals surface area contributed by atoms with Crippen molar-refractivity contribution in [1.29, 1.82) is 0 Å². The third kappa shape index (κ3) is 4.53. The van der Waals surface area contributed by atoms with Crippen molar-refractivity contribution in [1.82, 2.24) is 4.90 Å². The first-order valence-electron chi connectivity index (χ1n) is 8.74. The number of ether oxygens (including phenoxy) is 1. The van der Waals surface area contributed by atoms with Gasteiger partial charge >= 0.3 is 6.18 Å². The number of nitrogens with zero attached hydrogens (tertiary/aromatic N) is 3. The van der Waals surface area contributed by atoms with E-state index in [4.69, 9.17) is 4.74 Å². The molecule has 0 spiro atoms. The average molecular weight is 395 g/mol. The molecule has 1 fully saturated rings. The lowest BCUT2D eigenvalue weighted by molar-refractivity contribution is -0.385. The Morgan fingerprint density at radius 2 is 1.82 bits per heavy atom. The molecule has 0 atom stereocenters. The van der Waals surface area contributed by atoms with Gasteiger partial charge < -0.3 is 9.64 Å². The van der Waals surface area contributed by atoms with Crippen LogP contribution in [0.4, 0.5) is 24.5 Å². The molecule has 0 N–H and O–H groups in total. The molecule has 2 aromatic carbocycles. The number of piperazine rings is 1. The van der Waals surface area contributed by atoms with Gasteiger partial charge in [0.15, 0.2) is 0 Å². The summed E-state index contributed by atoms with van der Waals surface area (Å²) in [6.07, 6.45) is -4.36. The van der Waals surface area contributed by atoms with Gasteiger partial charge in [0.05, 0.1) is 17.6 Å². The summed E-state index contributed by atoms with van der Waals surface area (Å²) in [5.41, 5.74) is 0.596. The second kappa shape index (κ2) is 8.05. The van der Waals surface area contributed by atoms with Crippen LogP contribution < -0.4 is 9.64 Å². The summed E-state index contributed by atoms with van der Waals surface area (Å²) in [5, 5.41) is 11.0. The highest BCUT2D eigenvalue weighted by atomic mass is 19.4. The normalized spacial score (nSPS) is 15.5. The van der Waals surface area contributed by atoms with E-state index in [9.17, 15) is 23.3 Å². The lowest BCUT2D eigenvalue weighted by Crippen LogP contribution is -2.46. The van der Waals surface area contributed by atoms with E-state index in [2.05, 4.69) is 4.90 Å². The van der Waals surface area contributed by atoms with Crippen LogP contribution in [0.2, 0.25) is 0 Å². The Balaban J connectivity index is 1.67. The lowest BCUT2D eigenvalue weighted by Gasteiger charge is -2.36. The first-order valence-corrected chi connectivity index (χ1v) is 8.74. The predicted molar refractivity (Wildman–Crippen MR) is 98.6 cm³/mol. The Kier molecular flexibility index (Phi) is 5.73. The molecule has 0 radical (unpaired) electrons. The maximum atomic E-state index is 12.9. The monoisotopic (exact) mass is 395 g/mol. The molecule has 6 nitrogen and oxygen atoms in total. The standard InChI is InChI=1S/C19H20F3N3O3/c1-28-18-6-5-17(25(26)27)11-14(18)13-23-7-9-24(10-8-23)16-4-2-3-15(12-16)19(20,21)22/h2-6,11-12H,7-10,13H2,1H3. The number of methoxy groups -OCH3 is 1. The zero-order chi connectivity index (χ0) is 20.3. The summed E-state index contributed by atoms with van der Waals surface area (Å²) in [4.78, 5) is 14.6. The summed E-state index contributed by atoms with van der Waals surface area (Å²) < 4.78 is 44.0. The Morgan fingerprint density at radius 1 is 1.11 bits per heavy atom. The molecule has 28 heavy (non-hydrogen) atoms. The summed E-state index contributed by atoms with van der Waals surface area (Å²) in [6, 6.07) is 9.79. The topological polar surface area (TPSA) is 58.9 Å². The van der Waals surface area contributed by atoms with Crippen molar-refractivity contribution < 1.29 is 22.8 Å². The van der Waals surface area contributed by atoms with Crippen molar-refractivity contribution >= 4 is 11.4 Å². The van der Waals surface area contributed by atoms with E-state index >= 15 is 0 Å². The van der Waals surface area contributed by atoms with Crippen molar-refractivity contribution in [2.24, 2.45) is 0 Å². The van der Waals surface area contributed by atoms with Crippen molar-refractivity contribution in [2.75, 3.05) is 38.2 Å². The summed E-state index contributed by atoms with van der Waals surface area (Å²) in [7, 11) is 1.51. The zero-order valence-corrected chi connectivity index (χ0v) is 15.3. The van der Waals surface area contributed by atoms with Crippen LogP contribution in [-0.2, 0) is 12.7 Å². The number of nitro benzene ring substituents is 1. The van der Waals surface area contributed by atoms with Gasteiger partial charge in [-0.25, -0.2) is 0 Å². The van der Waals surface area contributed by atoms with Gasteiger partial charge in [0.2, 0.25) is 0 Å². The fourth-order valence-electron chi connectivity index (χ4n) is 3.29. The number of halogens is 3. The number of non-ortho nitro benzene ring substituents is 1. The number of hydrogen-bond donors (Lipinski definition) is 0. The molecular weight excluding hydrogens is 375 g/mol. The minimum atomic E-state index is -4.36. The summed E-state index contributed by atoms with van der Waals surface area (Å²) in [6.45, 7) is 2.86. The molecule has 0 amide bonds. The lowest BCUT2D eigenvalue weighted by atomic mass is 10.1. The Labute approximate surface area is 160 Å². The molecule has 0 bridgehead atoms. The highest BCUT2D eigenvalue weighted by Crippen LogP contribution is 2.32. The molecular formula is C19H20F3N3O3. The zero-order valence-electron chi connectivity index (χ0n) is 15.3. The van der Waals surface area contributed by atoms with Gasteiger partial charge in [-0.3, -0.25) is 15.0 Å². The van der Waals surface area contributed by atoms with E-state index in [1.807, 2.05) is 4.90 Å². The van der Waals surface area contributed by atoms with Gasteiger partial charge in [-0.15, -0.1) is 0 Å². The second-order valence-corrected chi connectivity index (χ2v) is 6.56. The fraction of sp³-hybridized carbons (Fsp3) is 0.368. The highest BCUT2D eigenvalue weighted by Gasteiger charge is 2.31. The molecule has 3 rings (SSSR count). The first kappa shape index (κ1) is 19.9. The molecule has 1 aliphatic heterocycles. The van der Waals surface area contributed by atoms with Gasteiger partial charge in [0.1, 0.15) is 5.75 Å². The number of rotatable bonds is 5. The minimum absolute atomic E-state index is 0.00148. The van der Waals surface area contributed by atoms with Crippen molar-refractivity contribution in [2.45, 2.75) is 12.7 Å². The van der Waals surface area contributed by atoms with Crippen LogP contribution in [0, 0.1) is 10.1 Å². The summed E-state index contributed by atoms with van der Waals surface area (Å²) in [5.74, 6) is 0.575. The SMILES string of the molecule is COc1ccc([N+](=O)[O-])cc1CN1CCN(c2cccc(C(F)(F)F)c2)CC1. The van der Waals surface area contributed by atoms with Crippen LogP contribution in [-0.4, -0.2) is 43.1 Å². The van der Waals surface area contributed by atoms with E-state index in [1.165, 1.54) is 31.4 Å². The number of benzene rings is 2. The van der Waals surface area contributed by atoms with E-state index in [-0.39, 0.29) is 5.69 Å². The average Bonchev–Trinajstić information content (AvgIpc) is 2.68. The summed E-state index contributed by atoms with van der Waals surface area (Å²) >= 11 is 0. The van der Waals surface area contributed by atoms with E-state index < -0.39 is 16.7 Å².